The molecular formula is C90H81N9O12S36. The Balaban J connectivity index is 0.000000130. The molecule has 21 nitrogen and oxygen atoms in total. The van der Waals surface area contributed by atoms with Crippen molar-refractivity contribution in [3.63, 3.8) is 0 Å². The fourth-order valence-electron chi connectivity index (χ4n) is 21.7. The zero-order chi connectivity index (χ0) is 102. The Bertz CT molecular complexity index is 8510. The first kappa shape index (κ1) is 113. The maximum atomic E-state index is 14.8. The molecule has 0 aromatic heterocycles. The number of para-hydroxylation sites is 3. The highest BCUT2D eigenvalue weighted by atomic mass is 33.5. The lowest BCUT2D eigenvalue weighted by molar-refractivity contribution is -0.158. The molecule has 0 unspecified atom stereocenters. The summed E-state index contributed by atoms with van der Waals surface area (Å²) in [6, 6.07) is 71.7. The van der Waals surface area contributed by atoms with Crippen molar-refractivity contribution in [1.29, 1.82) is 0 Å². The van der Waals surface area contributed by atoms with Crippen molar-refractivity contribution in [2.45, 2.75) is 126 Å². The number of rotatable bonds is 13. The van der Waals surface area contributed by atoms with E-state index in [0.717, 1.165) is 66.8 Å². The summed E-state index contributed by atoms with van der Waals surface area (Å²) in [6.45, 7) is 0. The van der Waals surface area contributed by atoms with Gasteiger partial charge in [-0.25, -0.2) is 38.2 Å². The summed E-state index contributed by atoms with van der Waals surface area (Å²) in [4.78, 5) is 90.8. The fourth-order valence-corrected chi connectivity index (χ4v) is 93.0. The first-order valence-electron chi connectivity index (χ1n) is 43.1. The van der Waals surface area contributed by atoms with Crippen LogP contribution in [0.1, 0.15) is 76.8 Å². The molecule has 8 fully saturated rings. The highest BCUT2D eigenvalue weighted by Crippen LogP contribution is 2.74. The minimum absolute atomic E-state index is 0. The van der Waals surface area contributed by atoms with Crippen molar-refractivity contribution < 1.29 is 54.0 Å². The predicted octanol–water partition coefficient (Wildman–Crippen LogP) is 14.3. The van der Waals surface area contributed by atoms with Gasteiger partial charge in [-0.15, -0.1) is 25.3 Å². The summed E-state index contributed by atoms with van der Waals surface area (Å²) in [5, 5.41) is -2.55. The van der Waals surface area contributed by atoms with Crippen molar-refractivity contribution in [3.8, 4) is 0 Å². The number of benzene rings is 9. The number of anilines is 3. The first-order valence-corrected chi connectivity index (χ1v) is 87.8. The van der Waals surface area contributed by atoms with E-state index >= 15 is 0 Å². The van der Waals surface area contributed by atoms with Gasteiger partial charge in [0, 0.05) is 267 Å². The molecule has 774 valence electrons. The van der Waals surface area contributed by atoms with Gasteiger partial charge < -0.3 is 14.7 Å². The molecule has 0 N–H and O–H groups in total. The van der Waals surface area contributed by atoms with E-state index in [1.54, 1.807) is 256 Å². The molecule has 8 saturated heterocycles. The predicted molar refractivity (Wildman–Crippen MR) is 677 cm³/mol. The number of fused-ring (bicyclic) bond motifs is 18. The zero-order valence-corrected chi connectivity index (χ0v) is 105. The largest absolute Gasteiger partial charge is 0.322 e. The molecule has 23 rings (SSSR count). The molecule has 0 radical (unpaired) electrons. The van der Waals surface area contributed by atoms with Gasteiger partial charge in [0.2, 0.25) is 0 Å². The molecule has 11 aliphatic heterocycles. The third-order valence-corrected chi connectivity index (χ3v) is 89.8. The van der Waals surface area contributed by atoms with Gasteiger partial charge in [0.05, 0.1) is 48.0 Å². The molecule has 9 aromatic carbocycles. The maximum absolute atomic E-state index is 14.8. The molecule has 1 spiro atoms. The number of likely N-dealkylation sites (N-methyl/N-ethyl adjacent to an activating group) is 3. The number of carbonyl (C=O) groups is 6. The molecule has 3 aliphatic carbocycles. The second-order valence-corrected chi connectivity index (χ2v) is 88.6. The molecule has 11 heterocycles. The summed E-state index contributed by atoms with van der Waals surface area (Å²) in [5.74, 6) is -1.67. The Morgan fingerprint density at radius 1 is 0.361 bits per heavy atom. The van der Waals surface area contributed by atoms with E-state index in [1.165, 1.54) is 117 Å². The number of hydrogen-bond donors (Lipinski definition) is 2. The van der Waals surface area contributed by atoms with Gasteiger partial charge in [0.25, 0.3) is 65.5 Å². The number of thiol groups is 2. The zero-order valence-electron chi connectivity index (χ0n) is 75.7. The van der Waals surface area contributed by atoms with Crippen molar-refractivity contribution in [1.82, 2.24) is 29.4 Å². The summed E-state index contributed by atoms with van der Waals surface area (Å²) in [7, 11) is 40.7. The SMILES string of the molecule is C.CN1C(=O)[C@@]2(S)C[C@]3(C4=CCc5ccccc54)c4ccccc4N(S(=O)(=O)c4ccccc4)[C@@H]3N2C(=O)[C@@H]1S.CN1C(=O)[C@@]23C[C@]4(C5=CCc6ccccc65)c5ccccc5N(S(=O)(=O)c5ccccc5)[C@@H]4N2C(=O)[C@@H]1SS3.CSS[C@H]1C(=O)N2[C@H]3N(S(=O)(=O)c4ccccc4)c4ccccc4[C@@]3(C3=CCc4ccccc43)C[C@]2(SSC)C(=O)N1C.S=S=S=S=S=S=S=S=S=S=S=S=S=S=S=S=S=S=S=S=S=S=S=S=S. The van der Waals surface area contributed by atoms with Gasteiger partial charge in [-0.2, -0.15) is 0 Å². The van der Waals surface area contributed by atoms with E-state index in [4.69, 9.17) is 35.0 Å². The van der Waals surface area contributed by atoms with Crippen LogP contribution in [0.3, 0.4) is 0 Å². The van der Waals surface area contributed by atoms with E-state index in [1.807, 2.05) is 178 Å². The molecule has 14 aliphatic rings. The lowest BCUT2D eigenvalue weighted by Crippen LogP contribution is -2.72. The number of piperazine rings is 3. The Morgan fingerprint density at radius 2 is 0.694 bits per heavy atom. The smallest absolute Gasteiger partial charge is 0.266 e. The van der Waals surface area contributed by atoms with Gasteiger partial charge >= 0.3 is 0 Å². The number of hydrogen-bond acceptors (Lipinski definition) is 22. The summed E-state index contributed by atoms with van der Waals surface area (Å²) >= 11 is 19.0. The van der Waals surface area contributed by atoms with E-state index in [9.17, 15) is 54.0 Å². The summed E-state index contributed by atoms with van der Waals surface area (Å²) in [5.41, 5.74) is 10.4. The monoisotopic (exact) mass is 2630 g/mol. The molecule has 57 heteroatoms. The highest BCUT2D eigenvalue weighted by molar-refractivity contribution is 8.80. The first-order chi connectivity index (χ1) is 70.6. The van der Waals surface area contributed by atoms with Crippen LogP contribution in [0.15, 0.2) is 270 Å². The van der Waals surface area contributed by atoms with Crippen LogP contribution in [0.25, 0.3) is 16.7 Å². The van der Waals surface area contributed by atoms with Gasteiger partial charge in [-0.05, 0) is 153 Å². The van der Waals surface area contributed by atoms with Crippen LogP contribution in [-0.2, 0) is 321 Å². The van der Waals surface area contributed by atoms with Crippen LogP contribution < -0.4 is 12.9 Å². The minimum atomic E-state index is -4.17. The maximum Gasteiger partial charge on any atom is 0.266 e. The summed E-state index contributed by atoms with van der Waals surface area (Å²) < 4.78 is 91.8. The van der Waals surface area contributed by atoms with Crippen LogP contribution in [0.5, 0.6) is 0 Å². The van der Waals surface area contributed by atoms with E-state index in [-0.39, 0.29) is 64.5 Å². The second-order valence-electron chi connectivity index (χ2n) is 33.5. The minimum Gasteiger partial charge on any atom is -0.322 e. The van der Waals surface area contributed by atoms with Crippen LogP contribution in [0.2, 0.25) is 0 Å². The van der Waals surface area contributed by atoms with Gasteiger partial charge in [-0.3, -0.25) is 43.5 Å². The topological polar surface area (TPSA) is 234 Å². The lowest BCUT2D eigenvalue weighted by Gasteiger charge is -2.53. The van der Waals surface area contributed by atoms with E-state index in [0.29, 0.717) is 42.7 Å². The third kappa shape index (κ3) is 19.9. The number of carbonyl (C=O) groups excluding carboxylic acids is 6. The lowest BCUT2D eigenvalue weighted by atomic mass is 9.70. The van der Waals surface area contributed by atoms with Crippen molar-refractivity contribution in [2.24, 2.45) is 0 Å². The number of allylic oxidation sites excluding steroid dienone is 3. The molecule has 9 aromatic rings. The van der Waals surface area contributed by atoms with Crippen LogP contribution in [0.4, 0.5) is 17.1 Å². The molecular weight excluding hydrogens is 2550 g/mol. The molecule has 6 amide bonds. The average Bonchev–Trinajstić information content (AvgIpc) is 1.51. The average molecular weight is 2640 g/mol. The van der Waals surface area contributed by atoms with E-state index in [2.05, 4.69) is 61.2 Å². The molecule has 12 atom stereocenters. The van der Waals surface area contributed by atoms with Crippen molar-refractivity contribution in [2.75, 3.05) is 46.6 Å². The van der Waals surface area contributed by atoms with E-state index < -0.39 is 101 Å². The van der Waals surface area contributed by atoms with Crippen LogP contribution in [0, 0.1) is 0 Å². The summed E-state index contributed by atoms with van der Waals surface area (Å²) in [6.07, 6.45) is 10.0. The van der Waals surface area contributed by atoms with Gasteiger partial charge in [0.1, 0.15) is 18.5 Å². The van der Waals surface area contributed by atoms with Gasteiger partial charge in [0.15, 0.2) is 30.7 Å². The van der Waals surface area contributed by atoms with Crippen LogP contribution in [-0.4, -0.2) is 173 Å². The Morgan fingerprint density at radius 3 is 1.07 bits per heavy atom. The van der Waals surface area contributed by atoms with Crippen molar-refractivity contribution in [3.05, 3.63) is 305 Å². The van der Waals surface area contributed by atoms with Crippen molar-refractivity contribution >= 4 is 416 Å². The number of sulfonamides is 3. The Labute approximate surface area is 962 Å². The third-order valence-electron chi connectivity index (χ3n) is 26.9. The molecule has 0 saturated carbocycles. The van der Waals surface area contributed by atoms with Gasteiger partial charge in [-0.1, -0.05) is 272 Å². The molecule has 147 heavy (non-hydrogen) atoms. The molecule has 2 bridgehead atoms. The Hall–Kier alpha value is -3.43. The standard InChI is InChI=1S/C31H29N3O4S5.C29H23N3O4S3.C29H25N3O4S3.CH4.S25/c1-32-27(41-39-2)26(35)33-28-30(19-31(33,29(32)36)42-40-3,23-18-17-20-11-7-8-14-22(20)23)24-15-9-10-16-25(24)34(28)43(37,38)21-12-5-4-6-13-21;1-30-25-24(33)31-26-28(17-29(31,27(30)34)38-37-25,21-16-15-18-9-5-6-12-20(18)21)22-13-7-8-14-23(22)32(26)39(35,36)19-10-3-2-4-11-19;1-30-25(37)24(33)31-26-28(17-29(31,38)27(30)34,21-16-15-18-9-5-6-12-20(18)21)22-13-7-8-14-23(22)32(26)39(35,36)19-10-3-2-4-11-19;;1-3-5-7-9-11-13-15-17-19-21-23-25-24-22-20-18-16-14-12-10-8-6-4-2/h4-16,18,27-28H,17,19H2,1-3H3;2-14,16,25-26H,15,17H2,1H3;2-14,16,25-26,37-38H,15,17H2,1H3;1H4;/t27-,28-,30-,31-;2*25-,26-,28-,29-;;/m000../s1. The quantitative estimate of drug-likeness (QED) is 0.0806. The normalized spacial score (nSPS) is 25.1. The van der Waals surface area contributed by atoms with Crippen LogP contribution >= 0.6 is 90.0 Å². The Kier molecular flexibility index (Phi) is 36.8. The highest BCUT2D eigenvalue weighted by Gasteiger charge is 2.80. The number of amides is 6. The fraction of sp³-hybridized carbons (Fsp3) is 0.267. The second kappa shape index (κ2) is 47.8. The number of nitrogens with zero attached hydrogens (tertiary/aromatic N) is 9.